The highest BCUT2D eigenvalue weighted by molar-refractivity contribution is 5.86. The van der Waals surface area contributed by atoms with E-state index in [1.165, 1.54) is 22.1 Å². The second-order valence-electron chi connectivity index (χ2n) is 7.88. The number of allylic oxidation sites excluding steroid dienone is 1. The Kier molecular flexibility index (Phi) is 5.85. The van der Waals surface area contributed by atoms with Gasteiger partial charge in [-0.25, -0.2) is 0 Å². The van der Waals surface area contributed by atoms with Crippen molar-refractivity contribution in [3.05, 3.63) is 144 Å². The number of H-pyrrole nitrogens is 1. The number of ether oxygens (including phenoxy) is 1. The molecule has 5 aromatic rings. The molecule has 156 valence electrons. The number of rotatable bonds is 7. The first-order valence-corrected chi connectivity index (χ1v) is 10.9. The zero-order valence-corrected chi connectivity index (χ0v) is 17.8. The SMILES string of the molecule is C(=C\[C@@H](c1ccccc1)c1c[nH]c2ccc(OCc3ccccc3)cc12)/c1ccccc1. The van der Waals surface area contributed by atoms with E-state index in [1.807, 2.05) is 30.3 Å². The average molecular weight is 416 g/mol. The quantitative estimate of drug-likeness (QED) is 0.291. The molecule has 0 radical (unpaired) electrons. The lowest BCUT2D eigenvalue weighted by Crippen LogP contribution is -1.98. The van der Waals surface area contributed by atoms with Crippen LogP contribution in [0, 0.1) is 0 Å². The van der Waals surface area contributed by atoms with Gasteiger partial charge in [0, 0.05) is 23.0 Å². The van der Waals surface area contributed by atoms with E-state index in [1.54, 1.807) is 0 Å². The highest BCUT2D eigenvalue weighted by Gasteiger charge is 2.16. The van der Waals surface area contributed by atoms with Crippen LogP contribution in [0.4, 0.5) is 0 Å². The molecule has 0 saturated heterocycles. The van der Waals surface area contributed by atoms with Gasteiger partial charge in [0.05, 0.1) is 0 Å². The number of fused-ring (bicyclic) bond motifs is 1. The van der Waals surface area contributed by atoms with Crippen molar-refractivity contribution in [1.29, 1.82) is 0 Å². The number of hydrogen-bond donors (Lipinski definition) is 1. The molecular formula is C30H25NO. The van der Waals surface area contributed by atoms with Gasteiger partial charge < -0.3 is 9.72 Å². The third-order valence-corrected chi connectivity index (χ3v) is 5.71. The lowest BCUT2D eigenvalue weighted by molar-refractivity contribution is 0.306. The normalized spacial score (nSPS) is 12.2. The molecule has 0 bridgehead atoms. The summed E-state index contributed by atoms with van der Waals surface area (Å²) in [4.78, 5) is 3.45. The van der Waals surface area contributed by atoms with Crippen molar-refractivity contribution in [3.63, 3.8) is 0 Å². The van der Waals surface area contributed by atoms with Crippen LogP contribution in [0.15, 0.2) is 121 Å². The lowest BCUT2D eigenvalue weighted by atomic mass is 9.90. The minimum atomic E-state index is 0.134. The summed E-state index contributed by atoms with van der Waals surface area (Å²) in [5.74, 6) is 1.01. The van der Waals surface area contributed by atoms with Crippen molar-refractivity contribution >= 4 is 17.0 Å². The molecule has 0 fully saturated rings. The first-order chi connectivity index (χ1) is 15.9. The molecule has 4 aromatic carbocycles. The van der Waals surface area contributed by atoms with Crippen molar-refractivity contribution < 1.29 is 4.74 Å². The van der Waals surface area contributed by atoms with Gasteiger partial charge in [0.15, 0.2) is 0 Å². The minimum absolute atomic E-state index is 0.134. The maximum Gasteiger partial charge on any atom is 0.120 e. The van der Waals surface area contributed by atoms with Crippen LogP contribution in [0.2, 0.25) is 0 Å². The minimum Gasteiger partial charge on any atom is -0.489 e. The van der Waals surface area contributed by atoms with Crippen molar-refractivity contribution in [2.45, 2.75) is 12.5 Å². The number of nitrogens with one attached hydrogen (secondary N) is 1. The van der Waals surface area contributed by atoms with Crippen LogP contribution in [0.1, 0.15) is 28.2 Å². The van der Waals surface area contributed by atoms with Gasteiger partial charge in [-0.3, -0.25) is 0 Å². The summed E-state index contributed by atoms with van der Waals surface area (Å²) in [7, 11) is 0. The fourth-order valence-electron chi connectivity index (χ4n) is 4.04. The molecule has 1 heterocycles. The van der Waals surface area contributed by atoms with Gasteiger partial charge in [-0.1, -0.05) is 103 Å². The third-order valence-electron chi connectivity index (χ3n) is 5.71. The Balaban J connectivity index is 1.49. The molecule has 0 aliphatic rings. The smallest absolute Gasteiger partial charge is 0.120 e. The predicted molar refractivity (Wildman–Crippen MR) is 133 cm³/mol. The van der Waals surface area contributed by atoms with E-state index in [0.29, 0.717) is 6.61 Å². The summed E-state index contributed by atoms with van der Waals surface area (Å²) >= 11 is 0. The van der Waals surface area contributed by atoms with Crippen molar-refractivity contribution in [2.24, 2.45) is 0 Å². The summed E-state index contributed by atoms with van der Waals surface area (Å²) in [6, 6.07) is 37.6. The molecule has 1 aromatic heterocycles. The van der Waals surface area contributed by atoms with Gasteiger partial charge in [0.2, 0.25) is 0 Å². The van der Waals surface area contributed by atoms with E-state index in [4.69, 9.17) is 4.74 Å². The summed E-state index contributed by atoms with van der Waals surface area (Å²) in [5, 5.41) is 1.18. The maximum absolute atomic E-state index is 6.11. The monoisotopic (exact) mass is 415 g/mol. The second-order valence-corrected chi connectivity index (χ2v) is 7.88. The van der Waals surface area contributed by atoms with Gasteiger partial charge >= 0.3 is 0 Å². The molecule has 5 rings (SSSR count). The molecule has 0 aliphatic heterocycles. The first-order valence-electron chi connectivity index (χ1n) is 10.9. The highest BCUT2D eigenvalue weighted by atomic mass is 16.5. The fourth-order valence-corrected chi connectivity index (χ4v) is 4.04. The zero-order chi connectivity index (χ0) is 21.6. The summed E-state index contributed by atoms with van der Waals surface area (Å²) in [6.45, 7) is 0.558. The van der Waals surface area contributed by atoms with Crippen LogP contribution in [0.25, 0.3) is 17.0 Å². The molecule has 0 aliphatic carbocycles. The van der Waals surface area contributed by atoms with Gasteiger partial charge in [-0.05, 0) is 40.5 Å². The summed E-state index contributed by atoms with van der Waals surface area (Å²) in [5.41, 5.74) is 5.97. The van der Waals surface area contributed by atoms with E-state index in [-0.39, 0.29) is 5.92 Å². The fraction of sp³-hybridized carbons (Fsp3) is 0.0667. The van der Waals surface area contributed by atoms with E-state index in [0.717, 1.165) is 16.8 Å². The molecule has 2 nitrogen and oxygen atoms in total. The summed E-state index contributed by atoms with van der Waals surface area (Å²) in [6.07, 6.45) is 6.61. The van der Waals surface area contributed by atoms with Crippen molar-refractivity contribution in [1.82, 2.24) is 4.98 Å². The van der Waals surface area contributed by atoms with Crippen LogP contribution in [-0.4, -0.2) is 4.98 Å². The van der Waals surface area contributed by atoms with Crippen LogP contribution < -0.4 is 4.74 Å². The second kappa shape index (κ2) is 9.40. The van der Waals surface area contributed by atoms with Crippen molar-refractivity contribution in [3.8, 4) is 5.75 Å². The molecule has 0 saturated carbocycles. The van der Waals surface area contributed by atoms with Crippen LogP contribution >= 0.6 is 0 Å². The number of aromatic nitrogens is 1. The topological polar surface area (TPSA) is 25.0 Å². The number of aromatic amines is 1. The number of hydrogen-bond acceptors (Lipinski definition) is 1. The maximum atomic E-state index is 6.11. The van der Waals surface area contributed by atoms with Crippen molar-refractivity contribution in [2.75, 3.05) is 0 Å². The van der Waals surface area contributed by atoms with Crippen LogP contribution in [-0.2, 0) is 6.61 Å². The molecule has 0 amide bonds. The van der Waals surface area contributed by atoms with Gasteiger partial charge in [-0.2, -0.15) is 0 Å². The molecular weight excluding hydrogens is 390 g/mol. The first kappa shape index (κ1) is 19.9. The Bertz CT molecular complexity index is 1300. The predicted octanol–water partition coefficient (Wildman–Crippen LogP) is 7.59. The Morgan fingerprint density at radius 1 is 0.750 bits per heavy atom. The molecule has 2 heteroatoms. The highest BCUT2D eigenvalue weighted by Crippen LogP contribution is 2.34. The standard InChI is InChI=1S/C30H25NO/c1-4-10-23(11-5-1)16-18-27(25-14-8-3-9-15-25)29-21-31-30-19-17-26(20-28(29)30)32-22-24-12-6-2-7-13-24/h1-21,27,31H,22H2/b18-16+/t27-/m0/s1. The Hall–Kier alpha value is -4.04. The van der Waals surface area contributed by atoms with Gasteiger partial charge in [0.25, 0.3) is 0 Å². The van der Waals surface area contributed by atoms with Crippen LogP contribution in [0.5, 0.6) is 5.75 Å². The van der Waals surface area contributed by atoms with Crippen LogP contribution in [0.3, 0.4) is 0 Å². The average Bonchev–Trinajstić information content (AvgIpc) is 3.28. The molecule has 1 atom stereocenters. The van der Waals surface area contributed by atoms with Gasteiger partial charge in [-0.15, -0.1) is 0 Å². The van der Waals surface area contributed by atoms with E-state index < -0.39 is 0 Å². The molecule has 32 heavy (non-hydrogen) atoms. The largest absolute Gasteiger partial charge is 0.489 e. The summed E-state index contributed by atoms with van der Waals surface area (Å²) < 4.78 is 6.11. The Morgan fingerprint density at radius 2 is 1.44 bits per heavy atom. The third kappa shape index (κ3) is 4.50. The van der Waals surface area contributed by atoms with E-state index >= 15 is 0 Å². The molecule has 1 N–H and O–H groups in total. The Morgan fingerprint density at radius 3 is 2.19 bits per heavy atom. The lowest BCUT2D eigenvalue weighted by Gasteiger charge is -2.14. The van der Waals surface area contributed by atoms with Gasteiger partial charge in [0.1, 0.15) is 12.4 Å². The van der Waals surface area contributed by atoms with E-state index in [2.05, 4.69) is 102 Å². The Labute approximate surface area is 188 Å². The molecule has 0 unspecified atom stereocenters. The number of benzene rings is 4. The zero-order valence-electron chi connectivity index (χ0n) is 17.8. The van der Waals surface area contributed by atoms with E-state index in [9.17, 15) is 0 Å². The molecule has 0 spiro atoms.